The van der Waals surface area contributed by atoms with E-state index in [1.54, 1.807) is 23.2 Å². The van der Waals surface area contributed by atoms with Gasteiger partial charge in [0.25, 0.3) is 0 Å². The molecule has 6 heteroatoms. The van der Waals surface area contributed by atoms with E-state index >= 15 is 0 Å². The normalized spacial score (nSPS) is 10.7. The maximum Gasteiger partial charge on any atom is 0.218 e. The molecule has 0 aromatic heterocycles. The van der Waals surface area contributed by atoms with Crippen LogP contribution in [0.2, 0.25) is 0 Å². The van der Waals surface area contributed by atoms with Gasteiger partial charge in [-0.1, -0.05) is 0 Å². The van der Waals surface area contributed by atoms with E-state index in [0.717, 1.165) is 0 Å². The van der Waals surface area contributed by atoms with Gasteiger partial charge in [-0.3, -0.25) is 0 Å². The Morgan fingerprint density at radius 3 is 2.06 bits per heavy atom. The predicted octanol–water partition coefficient (Wildman–Crippen LogP) is 1.28. The Bertz CT molecular complexity index is 366. The quantitative estimate of drug-likeness (QED) is 0.502. The summed E-state index contributed by atoms with van der Waals surface area (Å²) >= 11 is 0. The van der Waals surface area contributed by atoms with Crippen LogP contribution in [0.3, 0.4) is 0 Å². The van der Waals surface area contributed by atoms with Gasteiger partial charge in [-0.25, -0.2) is 4.99 Å². The van der Waals surface area contributed by atoms with Crippen LogP contribution >= 0.6 is 0 Å². The summed E-state index contributed by atoms with van der Waals surface area (Å²) < 4.78 is 10.8. The minimum Gasteiger partial charge on any atom is -0.382 e. The molecule has 0 fully saturated rings. The Labute approximate surface area is 108 Å². The third kappa shape index (κ3) is 6.00. The Balaban J connectivity index is 5.28. The van der Waals surface area contributed by atoms with Crippen LogP contribution in [0.15, 0.2) is 16.9 Å². The number of aliphatic imine (C=N–C) groups is 1. The zero-order valence-electron chi connectivity index (χ0n) is 11.2. The van der Waals surface area contributed by atoms with Crippen molar-refractivity contribution >= 4 is 5.71 Å². The van der Waals surface area contributed by atoms with E-state index in [9.17, 15) is 0 Å². The second-order valence-corrected chi connectivity index (χ2v) is 3.44. The van der Waals surface area contributed by atoms with Crippen molar-refractivity contribution < 1.29 is 9.47 Å². The SMILES string of the molecule is CCOC(OCC)/C(=C\N(C)C)N=C(C#N)C#N. The first kappa shape index (κ1) is 16.1. The van der Waals surface area contributed by atoms with Crippen molar-refractivity contribution in [2.75, 3.05) is 27.3 Å². The minimum absolute atomic E-state index is 0.229. The third-order valence-electron chi connectivity index (χ3n) is 1.72. The second-order valence-electron chi connectivity index (χ2n) is 3.44. The van der Waals surface area contributed by atoms with Crippen molar-refractivity contribution in [2.45, 2.75) is 20.1 Å². The molecule has 0 rings (SSSR count). The van der Waals surface area contributed by atoms with Gasteiger partial charge in [0.05, 0.1) is 0 Å². The molecule has 0 aliphatic heterocycles. The van der Waals surface area contributed by atoms with E-state index in [1.807, 2.05) is 27.9 Å². The summed E-state index contributed by atoms with van der Waals surface area (Å²) in [5.74, 6) is 0. The summed E-state index contributed by atoms with van der Waals surface area (Å²) in [5.41, 5.74) is 0.161. The van der Waals surface area contributed by atoms with Crippen molar-refractivity contribution in [1.82, 2.24) is 4.90 Å². The van der Waals surface area contributed by atoms with E-state index < -0.39 is 6.29 Å². The molecule has 0 saturated heterocycles. The van der Waals surface area contributed by atoms with Crippen molar-refractivity contribution in [2.24, 2.45) is 4.99 Å². The second kappa shape index (κ2) is 9.17. The number of ether oxygens (including phenoxy) is 2. The number of hydrogen-bond donors (Lipinski definition) is 0. The average Bonchev–Trinajstić information content (AvgIpc) is 2.33. The molecule has 0 heterocycles. The molecular formula is C12H18N4O2. The van der Waals surface area contributed by atoms with Crippen LogP contribution in [-0.2, 0) is 9.47 Å². The average molecular weight is 250 g/mol. The zero-order valence-corrected chi connectivity index (χ0v) is 11.2. The van der Waals surface area contributed by atoms with Gasteiger partial charge in [-0.15, -0.1) is 0 Å². The van der Waals surface area contributed by atoms with Gasteiger partial charge in [-0.05, 0) is 13.8 Å². The lowest BCUT2D eigenvalue weighted by molar-refractivity contribution is -0.112. The fourth-order valence-electron chi connectivity index (χ4n) is 1.13. The predicted molar refractivity (Wildman–Crippen MR) is 67.5 cm³/mol. The van der Waals surface area contributed by atoms with Crippen LogP contribution in [-0.4, -0.2) is 44.2 Å². The first-order valence-corrected chi connectivity index (χ1v) is 5.59. The lowest BCUT2D eigenvalue weighted by atomic mass is 10.4. The van der Waals surface area contributed by atoms with Crippen LogP contribution in [0.1, 0.15) is 13.8 Å². The van der Waals surface area contributed by atoms with Gasteiger partial charge >= 0.3 is 0 Å². The monoisotopic (exact) mass is 250 g/mol. The topological polar surface area (TPSA) is 81.6 Å². The lowest BCUT2D eigenvalue weighted by Crippen LogP contribution is -2.21. The summed E-state index contributed by atoms with van der Waals surface area (Å²) in [5, 5.41) is 17.4. The molecule has 0 aliphatic carbocycles. The van der Waals surface area contributed by atoms with Crippen LogP contribution in [0, 0.1) is 22.7 Å². The van der Waals surface area contributed by atoms with Gasteiger partial charge in [0, 0.05) is 33.5 Å². The molecule has 6 nitrogen and oxygen atoms in total. The van der Waals surface area contributed by atoms with Gasteiger partial charge in [0.1, 0.15) is 17.8 Å². The first-order chi connectivity index (χ1) is 8.58. The standard InChI is InChI=1S/C12H18N4O2/c1-5-17-12(18-6-2)11(9-16(3)4)15-10(7-13)8-14/h9,12H,5-6H2,1-4H3/b11-9+. The highest BCUT2D eigenvalue weighted by Crippen LogP contribution is 2.12. The molecule has 0 aromatic rings. The van der Waals surface area contributed by atoms with E-state index in [4.69, 9.17) is 20.0 Å². The van der Waals surface area contributed by atoms with E-state index in [-0.39, 0.29) is 5.71 Å². The molecular weight excluding hydrogens is 232 g/mol. The van der Waals surface area contributed by atoms with Gasteiger partial charge in [0.2, 0.25) is 12.0 Å². The Morgan fingerprint density at radius 2 is 1.72 bits per heavy atom. The van der Waals surface area contributed by atoms with E-state index in [2.05, 4.69) is 4.99 Å². The largest absolute Gasteiger partial charge is 0.382 e. The highest BCUT2D eigenvalue weighted by Gasteiger charge is 2.15. The van der Waals surface area contributed by atoms with Crippen LogP contribution in [0.5, 0.6) is 0 Å². The maximum absolute atomic E-state index is 8.72. The molecule has 0 spiro atoms. The Kier molecular flexibility index (Phi) is 8.21. The molecule has 0 aromatic carbocycles. The Morgan fingerprint density at radius 1 is 1.22 bits per heavy atom. The fraction of sp³-hybridized carbons (Fsp3) is 0.583. The van der Waals surface area contributed by atoms with E-state index in [0.29, 0.717) is 18.9 Å². The number of rotatable bonds is 7. The third-order valence-corrected chi connectivity index (χ3v) is 1.72. The maximum atomic E-state index is 8.72. The van der Waals surface area contributed by atoms with E-state index in [1.165, 1.54) is 0 Å². The Hall–Kier alpha value is -1.89. The summed E-state index contributed by atoms with van der Waals surface area (Å²) in [6, 6.07) is 3.43. The number of hydrogen-bond acceptors (Lipinski definition) is 6. The molecule has 98 valence electrons. The van der Waals surface area contributed by atoms with Crippen molar-refractivity contribution in [3.63, 3.8) is 0 Å². The minimum atomic E-state index is -0.681. The number of nitriles is 2. The highest BCUT2D eigenvalue weighted by atomic mass is 16.7. The summed E-state index contributed by atoms with van der Waals surface area (Å²) in [7, 11) is 3.62. The van der Waals surface area contributed by atoms with Crippen LogP contribution in [0.4, 0.5) is 0 Å². The van der Waals surface area contributed by atoms with Crippen molar-refractivity contribution in [3.05, 3.63) is 11.9 Å². The van der Waals surface area contributed by atoms with Crippen molar-refractivity contribution in [3.8, 4) is 12.1 Å². The molecule has 0 atom stereocenters. The fourth-order valence-corrected chi connectivity index (χ4v) is 1.13. The summed E-state index contributed by atoms with van der Waals surface area (Å²) in [4.78, 5) is 5.70. The van der Waals surface area contributed by atoms with Gasteiger partial charge in [0.15, 0.2) is 0 Å². The molecule has 0 saturated carbocycles. The van der Waals surface area contributed by atoms with Crippen LogP contribution in [0.25, 0.3) is 0 Å². The smallest absolute Gasteiger partial charge is 0.218 e. The van der Waals surface area contributed by atoms with Gasteiger partial charge in [-0.2, -0.15) is 10.5 Å². The molecule has 18 heavy (non-hydrogen) atoms. The molecule has 0 N–H and O–H groups in total. The molecule has 0 unspecified atom stereocenters. The molecule has 0 bridgehead atoms. The zero-order chi connectivity index (χ0) is 14.0. The van der Waals surface area contributed by atoms with Crippen LogP contribution < -0.4 is 0 Å². The highest BCUT2D eigenvalue weighted by molar-refractivity contribution is 6.10. The summed E-state index contributed by atoms with van der Waals surface area (Å²) in [6.45, 7) is 4.55. The summed E-state index contributed by atoms with van der Waals surface area (Å²) in [6.07, 6.45) is 0.976. The number of nitrogens with zero attached hydrogens (tertiary/aromatic N) is 4. The molecule has 0 amide bonds. The van der Waals surface area contributed by atoms with Crippen molar-refractivity contribution in [1.29, 1.82) is 10.5 Å². The first-order valence-electron chi connectivity index (χ1n) is 5.59. The van der Waals surface area contributed by atoms with Gasteiger partial charge < -0.3 is 14.4 Å². The molecule has 0 radical (unpaired) electrons. The molecule has 0 aliphatic rings. The lowest BCUT2D eigenvalue weighted by Gasteiger charge is -2.18.